The van der Waals surface area contributed by atoms with Gasteiger partial charge < -0.3 is 10.2 Å². The maximum atomic E-state index is 14.0. The number of hydrogen-bond donors (Lipinski definition) is 1. The second-order valence-electron chi connectivity index (χ2n) is 4.12. The summed E-state index contributed by atoms with van der Waals surface area (Å²) in [5.41, 5.74) is 1.09. The standard InChI is InChI=1S/C14H17FN4/c1-3-18-11(2)14-12(15)5-4-6-13(14)19(9-7-16)10-8-17/h4-6,11,18H,3,9-10H2,1-2H3. The molecule has 4 nitrogen and oxygen atoms in total. The number of halogens is 1. The van der Waals surface area contributed by atoms with E-state index in [9.17, 15) is 4.39 Å². The Morgan fingerprint density at radius 2 is 1.95 bits per heavy atom. The minimum atomic E-state index is -0.327. The smallest absolute Gasteiger partial charge is 0.130 e. The first-order chi connectivity index (χ1) is 9.15. The first kappa shape index (κ1) is 14.9. The Balaban J connectivity index is 3.22. The van der Waals surface area contributed by atoms with Gasteiger partial charge >= 0.3 is 0 Å². The van der Waals surface area contributed by atoms with Crippen LogP contribution in [0.3, 0.4) is 0 Å². The molecular weight excluding hydrogens is 243 g/mol. The van der Waals surface area contributed by atoms with Crippen LogP contribution in [0.25, 0.3) is 0 Å². The predicted octanol–water partition coefficient (Wildman–Crippen LogP) is 2.35. The lowest BCUT2D eigenvalue weighted by Gasteiger charge is -2.25. The number of nitriles is 2. The van der Waals surface area contributed by atoms with Crippen molar-refractivity contribution in [2.45, 2.75) is 19.9 Å². The highest BCUT2D eigenvalue weighted by atomic mass is 19.1. The van der Waals surface area contributed by atoms with E-state index in [4.69, 9.17) is 10.5 Å². The molecule has 0 heterocycles. The lowest BCUT2D eigenvalue weighted by atomic mass is 10.0. The van der Waals surface area contributed by atoms with Crippen molar-refractivity contribution in [1.82, 2.24) is 5.32 Å². The van der Waals surface area contributed by atoms with E-state index in [0.29, 0.717) is 17.8 Å². The Morgan fingerprint density at radius 1 is 1.32 bits per heavy atom. The van der Waals surface area contributed by atoms with Gasteiger partial charge in [-0.05, 0) is 25.6 Å². The molecule has 1 rings (SSSR count). The number of nitrogens with one attached hydrogen (secondary N) is 1. The van der Waals surface area contributed by atoms with Crippen molar-refractivity contribution in [3.8, 4) is 12.1 Å². The third kappa shape index (κ3) is 3.67. The van der Waals surface area contributed by atoms with Gasteiger partial charge in [0.1, 0.15) is 18.9 Å². The first-order valence-electron chi connectivity index (χ1n) is 6.16. The van der Waals surface area contributed by atoms with Gasteiger partial charge in [0.2, 0.25) is 0 Å². The van der Waals surface area contributed by atoms with Crippen LogP contribution in [0.2, 0.25) is 0 Å². The summed E-state index contributed by atoms with van der Waals surface area (Å²) in [5, 5.41) is 20.8. The van der Waals surface area contributed by atoms with E-state index in [0.717, 1.165) is 0 Å². The summed E-state index contributed by atoms with van der Waals surface area (Å²) in [6.07, 6.45) is 0. The van der Waals surface area contributed by atoms with Crippen molar-refractivity contribution in [1.29, 1.82) is 10.5 Å². The lowest BCUT2D eigenvalue weighted by Crippen LogP contribution is -2.28. The summed E-state index contributed by atoms with van der Waals surface area (Å²) in [5.74, 6) is -0.327. The normalized spacial score (nSPS) is 11.4. The fraction of sp³-hybridized carbons (Fsp3) is 0.429. The van der Waals surface area contributed by atoms with Gasteiger partial charge in [0.05, 0.1) is 12.1 Å². The van der Waals surface area contributed by atoms with E-state index in [2.05, 4.69) is 5.32 Å². The van der Waals surface area contributed by atoms with E-state index in [-0.39, 0.29) is 24.9 Å². The maximum absolute atomic E-state index is 14.0. The summed E-state index contributed by atoms with van der Waals surface area (Å²) in [6, 6.07) is 8.54. The number of rotatable bonds is 6. The zero-order valence-corrected chi connectivity index (χ0v) is 11.2. The molecular formula is C14H17FN4. The molecule has 0 amide bonds. The monoisotopic (exact) mass is 260 g/mol. The largest absolute Gasteiger partial charge is 0.345 e. The zero-order chi connectivity index (χ0) is 14.3. The predicted molar refractivity (Wildman–Crippen MR) is 71.9 cm³/mol. The molecule has 0 aliphatic rings. The quantitative estimate of drug-likeness (QED) is 0.797. The lowest BCUT2D eigenvalue weighted by molar-refractivity contribution is 0.540. The van der Waals surface area contributed by atoms with Gasteiger partial charge in [-0.1, -0.05) is 13.0 Å². The fourth-order valence-electron chi connectivity index (χ4n) is 2.04. The first-order valence-corrected chi connectivity index (χ1v) is 6.16. The summed E-state index contributed by atoms with van der Waals surface area (Å²) >= 11 is 0. The molecule has 1 atom stereocenters. The molecule has 0 spiro atoms. The Bertz CT molecular complexity index is 485. The van der Waals surface area contributed by atoms with Crippen molar-refractivity contribution < 1.29 is 4.39 Å². The summed E-state index contributed by atoms with van der Waals surface area (Å²) in [6.45, 7) is 4.64. The molecule has 1 aromatic carbocycles. The Morgan fingerprint density at radius 3 is 2.47 bits per heavy atom. The van der Waals surface area contributed by atoms with Gasteiger partial charge in [0.25, 0.3) is 0 Å². The molecule has 100 valence electrons. The van der Waals surface area contributed by atoms with Crippen molar-refractivity contribution in [3.05, 3.63) is 29.6 Å². The Kier molecular flexibility index (Phi) is 5.78. The van der Waals surface area contributed by atoms with Crippen molar-refractivity contribution in [2.24, 2.45) is 0 Å². The van der Waals surface area contributed by atoms with Crippen LogP contribution >= 0.6 is 0 Å². The molecule has 0 aliphatic heterocycles. The van der Waals surface area contributed by atoms with Gasteiger partial charge in [-0.25, -0.2) is 4.39 Å². The molecule has 19 heavy (non-hydrogen) atoms. The van der Waals surface area contributed by atoms with Gasteiger partial charge in [-0.2, -0.15) is 10.5 Å². The van der Waals surface area contributed by atoms with Crippen LogP contribution in [0.4, 0.5) is 10.1 Å². The minimum Gasteiger partial charge on any atom is -0.345 e. The van der Waals surface area contributed by atoms with Crippen LogP contribution in [0, 0.1) is 28.5 Å². The molecule has 0 bridgehead atoms. The van der Waals surface area contributed by atoms with Crippen molar-refractivity contribution in [3.63, 3.8) is 0 Å². The average Bonchev–Trinajstić information content (AvgIpc) is 2.38. The van der Waals surface area contributed by atoms with E-state index < -0.39 is 0 Å². The highest BCUT2D eigenvalue weighted by molar-refractivity contribution is 5.56. The maximum Gasteiger partial charge on any atom is 0.130 e. The number of anilines is 1. The van der Waals surface area contributed by atoms with Crippen LogP contribution in [0.1, 0.15) is 25.5 Å². The van der Waals surface area contributed by atoms with Crippen LogP contribution in [-0.4, -0.2) is 19.6 Å². The van der Waals surface area contributed by atoms with Crippen LogP contribution in [-0.2, 0) is 0 Å². The second-order valence-corrected chi connectivity index (χ2v) is 4.12. The van der Waals surface area contributed by atoms with E-state index in [1.54, 1.807) is 17.0 Å². The minimum absolute atomic E-state index is 0.0584. The summed E-state index contributed by atoms with van der Waals surface area (Å²) in [4.78, 5) is 1.58. The number of benzene rings is 1. The van der Waals surface area contributed by atoms with Crippen molar-refractivity contribution in [2.75, 3.05) is 24.5 Å². The zero-order valence-electron chi connectivity index (χ0n) is 11.2. The molecule has 1 unspecified atom stereocenters. The molecule has 0 fully saturated rings. The van der Waals surface area contributed by atoms with Gasteiger partial charge in [-0.15, -0.1) is 0 Å². The number of nitrogens with zero attached hydrogens (tertiary/aromatic N) is 3. The van der Waals surface area contributed by atoms with E-state index in [1.807, 2.05) is 26.0 Å². The third-order valence-corrected chi connectivity index (χ3v) is 2.84. The van der Waals surface area contributed by atoms with Crippen LogP contribution in [0.15, 0.2) is 18.2 Å². The van der Waals surface area contributed by atoms with Crippen molar-refractivity contribution >= 4 is 5.69 Å². The van der Waals surface area contributed by atoms with Gasteiger partial charge in [0.15, 0.2) is 0 Å². The van der Waals surface area contributed by atoms with Gasteiger partial charge in [0, 0.05) is 17.3 Å². The summed E-state index contributed by atoms with van der Waals surface area (Å²) < 4.78 is 14.0. The molecule has 0 saturated heterocycles. The molecule has 0 radical (unpaired) electrons. The molecule has 0 aromatic heterocycles. The third-order valence-electron chi connectivity index (χ3n) is 2.84. The van der Waals surface area contributed by atoms with Gasteiger partial charge in [-0.3, -0.25) is 0 Å². The van der Waals surface area contributed by atoms with E-state index >= 15 is 0 Å². The van der Waals surface area contributed by atoms with Crippen LogP contribution < -0.4 is 10.2 Å². The molecule has 0 aliphatic carbocycles. The molecule has 1 aromatic rings. The van der Waals surface area contributed by atoms with Crippen LogP contribution in [0.5, 0.6) is 0 Å². The topological polar surface area (TPSA) is 62.9 Å². The molecule has 5 heteroatoms. The highest BCUT2D eigenvalue weighted by Gasteiger charge is 2.18. The SMILES string of the molecule is CCNC(C)c1c(F)cccc1N(CC#N)CC#N. The number of hydrogen-bond acceptors (Lipinski definition) is 4. The second kappa shape index (κ2) is 7.35. The summed E-state index contributed by atoms with van der Waals surface area (Å²) in [7, 11) is 0. The van der Waals surface area contributed by atoms with E-state index in [1.165, 1.54) is 6.07 Å². The molecule has 0 saturated carbocycles. The molecule has 1 N–H and O–H groups in total. The Hall–Kier alpha value is -2.11. The average molecular weight is 260 g/mol. The Labute approximate surface area is 113 Å². The fourth-order valence-corrected chi connectivity index (χ4v) is 2.04. The highest BCUT2D eigenvalue weighted by Crippen LogP contribution is 2.28.